The number of aryl methyl sites for hydroxylation is 1. The Bertz CT molecular complexity index is 1070. The molecule has 0 atom stereocenters. The molecule has 2 aromatic carbocycles. The second-order valence-electron chi connectivity index (χ2n) is 7.05. The molecule has 1 fully saturated rings. The Balaban J connectivity index is 1.47. The molecule has 1 aliphatic rings. The molecule has 0 radical (unpaired) electrons. The molecule has 0 bridgehead atoms. The number of thioether (sulfide) groups is 1. The maximum absolute atomic E-state index is 12.7. The number of hydrazine groups is 1. The third kappa shape index (κ3) is 5.95. The lowest BCUT2D eigenvalue weighted by Gasteiger charge is -2.14. The van der Waals surface area contributed by atoms with E-state index in [1.54, 1.807) is 24.3 Å². The molecular formula is C23H23N3O4S2. The van der Waals surface area contributed by atoms with Crippen LogP contribution in [0.1, 0.15) is 34.3 Å². The number of hydrogen-bond donors (Lipinski definition) is 2. The predicted molar refractivity (Wildman–Crippen MR) is 129 cm³/mol. The summed E-state index contributed by atoms with van der Waals surface area (Å²) in [5.41, 5.74) is 7.14. The van der Waals surface area contributed by atoms with Crippen molar-refractivity contribution < 1.29 is 19.1 Å². The highest BCUT2D eigenvalue weighted by Crippen LogP contribution is 2.32. The van der Waals surface area contributed by atoms with E-state index in [2.05, 4.69) is 10.9 Å². The van der Waals surface area contributed by atoms with Gasteiger partial charge in [-0.05, 0) is 37.1 Å². The molecule has 166 valence electrons. The summed E-state index contributed by atoms with van der Waals surface area (Å²) in [4.78, 5) is 39.0. The Hall–Kier alpha value is -3.17. The fourth-order valence-corrected chi connectivity index (χ4v) is 4.30. The summed E-state index contributed by atoms with van der Waals surface area (Å²) < 4.78 is 5.61. The van der Waals surface area contributed by atoms with Crippen molar-refractivity contribution in [1.82, 2.24) is 15.8 Å². The molecule has 0 saturated carbocycles. The number of carbonyl (C=O) groups excluding carboxylic acids is 3. The van der Waals surface area contributed by atoms with Crippen LogP contribution < -0.4 is 15.6 Å². The van der Waals surface area contributed by atoms with E-state index in [4.69, 9.17) is 17.0 Å². The van der Waals surface area contributed by atoms with Crippen LogP contribution in [0.4, 0.5) is 0 Å². The summed E-state index contributed by atoms with van der Waals surface area (Å²) in [5.74, 6) is -0.597. The van der Waals surface area contributed by atoms with E-state index in [0.717, 1.165) is 11.1 Å². The molecular weight excluding hydrogens is 446 g/mol. The van der Waals surface area contributed by atoms with Gasteiger partial charge in [0.05, 0.1) is 17.6 Å². The third-order valence-electron chi connectivity index (χ3n) is 4.70. The molecule has 1 aliphatic heterocycles. The van der Waals surface area contributed by atoms with Gasteiger partial charge in [-0.25, -0.2) is 0 Å². The van der Waals surface area contributed by atoms with Crippen LogP contribution in [0.2, 0.25) is 0 Å². The molecule has 0 unspecified atom stereocenters. The fraction of sp³-hybridized carbons (Fsp3) is 0.217. The van der Waals surface area contributed by atoms with Gasteiger partial charge in [-0.3, -0.25) is 30.1 Å². The number of nitrogens with zero attached hydrogens (tertiary/aromatic N) is 1. The molecule has 3 amide bonds. The summed E-state index contributed by atoms with van der Waals surface area (Å²) in [6, 6.07) is 14.6. The first kappa shape index (κ1) is 23.5. The van der Waals surface area contributed by atoms with Gasteiger partial charge in [-0.1, -0.05) is 65.9 Å². The minimum absolute atomic E-state index is 0.125. The Morgan fingerprint density at radius 1 is 1.12 bits per heavy atom. The fourth-order valence-electron chi connectivity index (χ4n) is 2.99. The van der Waals surface area contributed by atoms with Crippen molar-refractivity contribution in [3.05, 3.63) is 70.1 Å². The Morgan fingerprint density at radius 2 is 1.84 bits per heavy atom. The molecule has 1 heterocycles. The molecule has 2 aromatic rings. The van der Waals surface area contributed by atoms with Gasteiger partial charge in [-0.15, -0.1) is 0 Å². The third-order valence-corrected chi connectivity index (χ3v) is 6.08. The van der Waals surface area contributed by atoms with Crippen molar-refractivity contribution in [3.8, 4) is 5.75 Å². The lowest BCUT2D eigenvalue weighted by molar-refractivity contribution is -0.124. The first-order valence-corrected chi connectivity index (χ1v) is 11.2. The van der Waals surface area contributed by atoms with E-state index in [0.29, 0.717) is 33.5 Å². The van der Waals surface area contributed by atoms with Gasteiger partial charge >= 0.3 is 0 Å². The van der Waals surface area contributed by atoms with Crippen molar-refractivity contribution >= 4 is 52.1 Å². The highest BCUT2D eigenvalue weighted by atomic mass is 32.2. The van der Waals surface area contributed by atoms with Crippen molar-refractivity contribution in [2.75, 3.05) is 13.7 Å². The van der Waals surface area contributed by atoms with Crippen LogP contribution in [0, 0.1) is 6.92 Å². The van der Waals surface area contributed by atoms with Crippen molar-refractivity contribution in [2.24, 2.45) is 0 Å². The Kier molecular flexibility index (Phi) is 8.02. The van der Waals surface area contributed by atoms with Crippen LogP contribution in [0.5, 0.6) is 5.75 Å². The average molecular weight is 470 g/mol. The molecule has 0 aliphatic carbocycles. The van der Waals surface area contributed by atoms with Crippen LogP contribution >= 0.6 is 24.0 Å². The van der Waals surface area contributed by atoms with Gasteiger partial charge in [0.1, 0.15) is 10.1 Å². The monoisotopic (exact) mass is 469 g/mol. The number of hydrogen-bond acceptors (Lipinski definition) is 6. The zero-order valence-corrected chi connectivity index (χ0v) is 19.3. The van der Waals surface area contributed by atoms with Crippen molar-refractivity contribution in [3.63, 3.8) is 0 Å². The number of methoxy groups -OCH3 is 1. The van der Waals surface area contributed by atoms with Gasteiger partial charge in [0.2, 0.25) is 5.91 Å². The first-order valence-electron chi connectivity index (χ1n) is 9.93. The number of amides is 3. The largest absolute Gasteiger partial charge is 0.496 e. The standard InChI is InChI=1S/C23H23N3O4S2/c1-15-9-11-16(12-10-15)14-19-22(29)26(23(31)32-19)13-5-8-20(27)24-25-21(28)17-6-3-4-7-18(17)30-2/h3-4,6-7,9-12,14H,5,8,13H2,1-2H3,(H,24,27)(H,25,28). The van der Waals surface area contributed by atoms with Crippen LogP contribution in [-0.4, -0.2) is 40.6 Å². The van der Waals surface area contributed by atoms with Crippen LogP contribution in [0.25, 0.3) is 6.08 Å². The Morgan fingerprint density at radius 3 is 2.56 bits per heavy atom. The van der Waals surface area contributed by atoms with Crippen LogP contribution in [0.3, 0.4) is 0 Å². The minimum atomic E-state index is -0.478. The van der Waals surface area contributed by atoms with Gasteiger partial charge in [0.25, 0.3) is 11.8 Å². The molecule has 32 heavy (non-hydrogen) atoms. The number of ether oxygens (including phenoxy) is 1. The number of nitrogens with one attached hydrogen (secondary N) is 2. The predicted octanol–water partition coefficient (Wildman–Crippen LogP) is 3.45. The topological polar surface area (TPSA) is 87.7 Å². The lowest BCUT2D eigenvalue weighted by Crippen LogP contribution is -2.42. The maximum Gasteiger partial charge on any atom is 0.273 e. The maximum atomic E-state index is 12.7. The number of para-hydroxylation sites is 1. The zero-order chi connectivity index (χ0) is 23.1. The van der Waals surface area contributed by atoms with E-state index >= 15 is 0 Å². The van der Waals surface area contributed by atoms with Gasteiger partial charge in [0.15, 0.2) is 0 Å². The highest BCUT2D eigenvalue weighted by molar-refractivity contribution is 8.26. The lowest BCUT2D eigenvalue weighted by atomic mass is 10.1. The summed E-state index contributed by atoms with van der Waals surface area (Å²) in [5, 5.41) is 0. The average Bonchev–Trinajstić information content (AvgIpc) is 3.06. The van der Waals surface area contributed by atoms with E-state index < -0.39 is 5.91 Å². The quantitative estimate of drug-likeness (QED) is 0.367. The van der Waals surface area contributed by atoms with Gasteiger partial charge in [-0.2, -0.15) is 0 Å². The minimum Gasteiger partial charge on any atom is -0.496 e. The Labute approximate surface area is 196 Å². The molecule has 7 nitrogen and oxygen atoms in total. The molecule has 2 N–H and O–H groups in total. The summed E-state index contributed by atoms with van der Waals surface area (Å²) in [7, 11) is 1.47. The summed E-state index contributed by atoms with van der Waals surface area (Å²) in [6.45, 7) is 2.33. The zero-order valence-electron chi connectivity index (χ0n) is 17.7. The summed E-state index contributed by atoms with van der Waals surface area (Å²) >= 11 is 6.59. The number of rotatable bonds is 7. The molecule has 0 spiro atoms. The second kappa shape index (κ2) is 10.9. The highest BCUT2D eigenvalue weighted by Gasteiger charge is 2.31. The van der Waals surface area contributed by atoms with Crippen molar-refractivity contribution in [1.29, 1.82) is 0 Å². The van der Waals surface area contributed by atoms with E-state index in [1.165, 1.54) is 23.8 Å². The normalized spacial score (nSPS) is 14.6. The van der Waals surface area contributed by atoms with E-state index in [9.17, 15) is 14.4 Å². The summed E-state index contributed by atoms with van der Waals surface area (Å²) in [6.07, 6.45) is 2.35. The van der Waals surface area contributed by atoms with Crippen LogP contribution in [-0.2, 0) is 9.59 Å². The molecule has 3 rings (SSSR count). The second-order valence-corrected chi connectivity index (χ2v) is 8.73. The van der Waals surface area contributed by atoms with E-state index in [-0.39, 0.29) is 18.2 Å². The number of benzene rings is 2. The van der Waals surface area contributed by atoms with E-state index in [1.807, 2.05) is 37.3 Å². The number of carbonyl (C=O) groups is 3. The molecule has 9 heteroatoms. The first-order chi connectivity index (χ1) is 15.4. The molecule has 1 saturated heterocycles. The van der Waals surface area contributed by atoms with Gasteiger partial charge < -0.3 is 4.74 Å². The SMILES string of the molecule is COc1ccccc1C(=O)NNC(=O)CCCN1C(=O)C(=Cc2ccc(C)cc2)SC1=S. The van der Waals surface area contributed by atoms with Crippen molar-refractivity contribution in [2.45, 2.75) is 19.8 Å². The number of thiocarbonyl (C=S) groups is 1. The molecule has 0 aromatic heterocycles. The smallest absolute Gasteiger partial charge is 0.273 e. The van der Waals surface area contributed by atoms with Gasteiger partial charge in [0, 0.05) is 13.0 Å². The van der Waals surface area contributed by atoms with Crippen LogP contribution in [0.15, 0.2) is 53.4 Å².